The van der Waals surface area contributed by atoms with E-state index in [1.165, 1.54) is 18.4 Å². The molecule has 1 spiro atoms. The summed E-state index contributed by atoms with van der Waals surface area (Å²) >= 11 is 0. The predicted octanol–water partition coefficient (Wildman–Crippen LogP) is 3.61. The van der Waals surface area contributed by atoms with Crippen molar-refractivity contribution in [2.75, 3.05) is 25.1 Å². The van der Waals surface area contributed by atoms with E-state index in [9.17, 15) is 4.79 Å². The van der Waals surface area contributed by atoms with Gasteiger partial charge in [-0.05, 0) is 43.0 Å². The summed E-state index contributed by atoms with van der Waals surface area (Å²) in [7, 11) is 0. The molecule has 7 heteroatoms. The van der Waals surface area contributed by atoms with Crippen LogP contribution in [-0.2, 0) is 12.0 Å². The molecule has 1 aromatic carbocycles. The second kappa shape index (κ2) is 6.18. The number of hydrogen-bond acceptors (Lipinski definition) is 5. The molecule has 1 fully saturated rings. The summed E-state index contributed by atoms with van der Waals surface area (Å²) in [6.07, 6.45) is 4.55. The van der Waals surface area contributed by atoms with Gasteiger partial charge < -0.3 is 18.9 Å². The Morgan fingerprint density at radius 1 is 1.15 bits per heavy atom. The standard InChI is InChI=1S/C20H23N3O4/c1-13-8-18(22-27-13)21-19(24)23-11-14-9-16-17(26-7-6-25-16)10-15(14)20(12-23)4-2-3-5-20/h8-10H,2-7,11-12H2,1H3,(H,21,22,24). The summed E-state index contributed by atoms with van der Waals surface area (Å²) in [5.74, 6) is 2.74. The first-order chi connectivity index (χ1) is 13.1. The van der Waals surface area contributed by atoms with Crippen LogP contribution in [0.5, 0.6) is 11.5 Å². The molecular weight excluding hydrogens is 346 g/mol. The number of carbonyl (C=O) groups excluding carboxylic acids is 1. The van der Waals surface area contributed by atoms with Crippen LogP contribution >= 0.6 is 0 Å². The van der Waals surface area contributed by atoms with Gasteiger partial charge in [-0.1, -0.05) is 18.0 Å². The van der Waals surface area contributed by atoms with Crippen LogP contribution in [0, 0.1) is 6.92 Å². The number of fused-ring (bicyclic) bond motifs is 3. The Kier molecular flexibility index (Phi) is 3.77. The molecule has 5 rings (SSSR count). The number of benzene rings is 1. The van der Waals surface area contributed by atoms with Crippen molar-refractivity contribution < 1.29 is 18.8 Å². The lowest BCUT2D eigenvalue weighted by Gasteiger charge is -2.42. The van der Waals surface area contributed by atoms with Crippen LogP contribution < -0.4 is 14.8 Å². The lowest BCUT2D eigenvalue weighted by molar-refractivity contribution is 0.164. The van der Waals surface area contributed by atoms with Crippen LogP contribution in [-0.4, -0.2) is 35.8 Å². The molecule has 142 valence electrons. The third-order valence-corrected chi connectivity index (χ3v) is 5.90. The van der Waals surface area contributed by atoms with E-state index in [0.29, 0.717) is 37.9 Å². The Morgan fingerprint density at radius 2 is 1.89 bits per heavy atom. The van der Waals surface area contributed by atoms with Crippen molar-refractivity contribution in [1.82, 2.24) is 10.1 Å². The number of rotatable bonds is 1. The fourth-order valence-corrected chi connectivity index (χ4v) is 4.70. The molecule has 1 saturated carbocycles. The Bertz CT molecular complexity index is 885. The normalized spacial score (nSPS) is 19.8. The number of ether oxygens (including phenoxy) is 2. The maximum Gasteiger partial charge on any atom is 0.323 e. The number of aryl methyl sites for hydroxylation is 1. The molecule has 3 heterocycles. The third-order valence-electron chi connectivity index (χ3n) is 5.90. The van der Waals surface area contributed by atoms with Gasteiger partial charge in [-0.2, -0.15) is 0 Å². The van der Waals surface area contributed by atoms with Crippen LogP contribution in [0.25, 0.3) is 0 Å². The maximum atomic E-state index is 12.9. The number of hydrogen-bond donors (Lipinski definition) is 1. The van der Waals surface area contributed by atoms with Crippen LogP contribution in [0.3, 0.4) is 0 Å². The van der Waals surface area contributed by atoms with Crippen molar-refractivity contribution in [2.45, 2.75) is 44.6 Å². The largest absolute Gasteiger partial charge is 0.486 e. The van der Waals surface area contributed by atoms with E-state index in [0.717, 1.165) is 29.9 Å². The molecule has 0 radical (unpaired) electrons. The molecule has 1 aliphatic carbocycles. The molecular formula is C20H23N3O4. The van der Waals surface area contributed by atoms with Gasteiger partial charge >= 0.3 is 6.03 Å². The molecule has 0 unspecified atom stereocenters. The van der Waals surface area contributed by atoms with Gasteiger partial charge in [0.1, 0.15) is 19.0 Å². The van der Waals surface area contributed by atoms with Gasteiger partial charge in [0.2, 0.25) is 0 Å². The Morgan fingerprint density at radius 3 is 2.59 bits per heavy atom. The van der Waals surface area contributed by atoms with Crippen molar-refractivity contribution in [2.24, 2.45) is 0 Å². The molecule has 1 aromatic heterocycles. The molecule has 27 heavy (non-hydrogen) atoms. The van der Waals surface area contributed by atoms with E-state index in [2.05, 4.69) is 22.6 Å². The fraction of sp³-hybridized carbons (Fsp3) is 0.500. The topological polar surface area (TPSA) is 76.8 Å². The fourth-order valence-electron chi connectivity index (χ4n) is 4.70. The minimum atomic E-state index is -0.143. The van der Waals surface area contributed by atoms with Gasteiger partial charge in [-0.15, -0.1) is 0 Å². The average molecular weight is 369 g/mol. The van der Waals surface area contributed by atoms with Crippen LogP contribution in [0.2, 0.25) is 0 Å². The molecule has 2 aromatic rings. The summed E-state index contributed by atoms with van der Waals surface area (Å²) in [6, 6.07) is 5.80. The highest BCUT2D eigenvalue weighted by Crippen LogP contribution is 2.49. The van der Waals surface area contributed by atoms with Gasteiger partial charge in [0.15, 0.2) is 17.3 Å². The molecule has 2 amide bonds. The van der Waals surface area contributed by atoms with Crippen molar-refractivity contribution in [3.63, 3.8) is 0 Å². The number of urea groups is 1. The highest BCUT2D eigenvalue weighted by atomic mass is 16.6. The smallest absolute Gasteiger partial charge is 0.323 e. The van der Waals surface area contributed by atoms with E-state index in [4.69, 9.17) is 14.0 Å². The molecule has 3 aliphatic rings. The van der Waals surface area contributed by atoms with Crippen LogP contribution in [0.4, 0.5) is 10.6 Å². The summed E-state index contributed by atoms with van der Waals surface area (Å²) in [5, 5.41) is 6.73. The number of nitrogens with zero attached hydrogens (tertiary/aromatic N) is 2. The average Bonchev–Trinajstić information content (AvgIpc) is 3.30. The van der Waals surface area contributed by atoms with Crippen molar-refractivity contribution in [3.8, 4) is 11.5 Å². The third kappa shape index (κ3) is 2.81. The van der Waals surface area contributed by atoms with E-state index in [1.54, 1.807) is 13.0 Å². The van der Waals surface area contributed by atoms with Crippen LogP contribution in [0.15, 0.2) is 22.7 Å². The number of nitrogens with one attached hydrogen (secondary N) is 1. The summed E-state index contributed by atoms with van der Waals surface area (Å²) in [4.78, 5) is 14.8. The van der Waals surface area contributed by atoms with Gasteiger partial charge in [0.05, 0.1) is 0 Å². The Labute approximate surface area is 157 Å². The quantitative estimate of drug-likeness (QED) is 0.831. The molecule has 7 nitrogen and oxygen atoms in total. The van der Waals surface area contributed by atoms with Gasteiger partial charge in [-0.3, -0.25) is 5.32 Å². The van der Waals surface area contributed by atoms with E-state index >= 15 is 0 Å². The van der Waals surface area contributed by atoms with E-state index in [-0.39, 0.29) is 11.4 Å². The molecule has 0 saturated heterocycles. The van der Waals surface area contributed by atoms with Crippen molar-refractivity contribution in [1.29, 1.82) is 0 Å². The predicted molar refractivity (Wildman–Crippen MR) is 98.2 cm³/mol. The highest BCUT2D eigenvalue weighted by Gasteiger charge is 2.44. The highest BCUT2D eigenvalue weighted by molar-refractivity contribution is 5.88. The summed E-state index contributed by atoms with van der Waals surface area (Å²) in [6.45, 7) is 4.22. The summed E-state index contributed by atoms with van der Waals surface area (Å²) in [5.41, 5.74) is 2.48. The molecule has 0 bridgehead atoms. The second-order valence-corrected chi connectivity index (χ2v) is 7.75. The van der Waals surface area contributed by atoms with Gasteiger partial charge in [0, 0.05) is 24.6 Å². The molecule has 2 aliphatic heterocycles. The zero-order valence-corrected chi connectivity index (χ0v) is 15.4. The van der Waals surface area contributed by atoms with Gasteiger partial charge in [-0.25, -0.2) is 4.79 Å². The lowest BCUT2D eigenvalue weighted by atomic mass is 9.73. The van der Waals surface area contributed by atoms with Crippen molar-refractivity contribution in [3.05, 3.63) is 35.1 Å². The van der Waals surface area contributed by atoms with Crippen molar-refractivity contribution >= 4 is 11.8 Å². The number of aromatic nitrogens is 1. The zero-order chi connectivity index (χ0) is 18.4. The number of carbonyl (C=O) groups is 1. The van der Waals surface area contributed by atoms with E-state index < -0.39 is 0 Å². The SMILES string of the molecule is Cc1cc(NC(=O)N2Cc3cc4c(cc3C3(CCCC3)C2)OCCO4)no1. The van der Waals surface area contributed by atoms with Gasteiger partial charge in [0.25, 0.3) is 0 Å². The second-order valence-electron chi connectivity index (χ2n) is 7.75. The number of anilines is 1. The lowest BCUT2D eigenvalue weighted by Crippen LogP contribution is -2.48. The first-order valence-corrected chi connectivity index (χ1v) is 9.55. The maximum absolute atomic E-state index is 12.9. The Hall–Kier alpha value is -2.70. The van der Waals surface area contributed by atoms with E-state index in [1.807, 2.05) is 4.90 Å². The monoisotopic (exact) mass is 369 g/mol. The Balaban J connectivity index is 1.48. The number of amides is 2. The zero-order valence-electron chi connectivity index (χ0n) is 15.4. The summed E-state index contributed by atoms with van der Waals surface area (Å²) < 4.78 is 16.6. The molecule has 0 atom stereocenters. The minimum Gasteiger partial charge on any atom is -0.486 e. The molecule has 1 N–H and O–H groups in total. The van der Waals surface area contributed by atoms with Crippen LogP contribution in [0.1, 0.15) is 42.6 Å². The first kappa shape index (κ1) is 16.5. The minimum absolute atomic E-state index is 0.000498. The first-order valence-electron chi connectivity index (χ1n) is 9.55.